The van der Waals surface area contributed by atoms with Gasteiger partial charge in [0.15, 0.2) is 0 Å². The van der Waals surface area contributed by atoms with E-state index in [0.29, 0.717) is 0 Å². The Bertz CT molecular complexity index is 1590. The van der Waals surface area contributed by atoms with Crippen molar-refractivity contribution in [2.24, 2.45) is 0 Å². The normalized spacial score (nSPS) is 12.3. The fourth-order valence-electron chi connectivity index (χ4n) is 4.46. The van der Waals surface area contributed by atoms with Gasteiger partial charge in [0.05, 0.1) is 33.1 Å². The Morgan fingerprint density at radius 1 is 0.464 bits per heavy atom. The summed E-state index contributed by atoms with van der Waals surface area (Å²) in [5, 5.41) is 2.40. The summed E-state index contributed by atoms with van der Waals surface area (Å²) in [4.78, 5) is 9.81. The summed E-state index contributed by atoms with van der Waals surface area (Å²) in [6, 6.07) is 29.5. The molecule has 0 saturated heterocycles. The molecule has 3 aromatic carbocycles. The molecule has 0 saturated carbocycles. The lowest BCUT2D eigenvalue weighted by atomic mass is 10.2. The number of benzene rings is 3. The van der Waals surface area contributed by atoms with E-state index >= 15 is 0 Å². The molecule has 0 amide bonds. The van der Waals surface area contributed by atoms with E-state index in [2.05, 4.69) is 93.7 Å². The van der Waals surface area contributed by atoms with Crippen molar-refractivity contribution in [3.63, 3.8) is 0 Å². The zero-order valence-electron chi connectivity index (χ0n) is 14.9. The number of nitrogens with zero attached hydrogens (tertiary/aromatic N) is 4. The van der Waals surface area contributed by atoms with Gasteiger partial charge in [0, 0.05) is 0 Å². The van der Waals surface area contributed by atoms with E-state index in [-0.39, 0.29) is 0 Å². The third kappa shape index (κ3) is 1.65. The molecule has 4 heterocycles. The van der Waals surface area contributed by atoms with Crippen molar-refractivity contribution in [3.05, 3.63) is 84.9 Å². The van der Waals surface area contributed by atoms with Crippen LogP contribution in [0.1, 0.15) is 0 Å². The Morgan fingerprint density at radius 3 is 1.43 bits per heavy atom. The zero-order chi connectivity index (χ0) is 18.2. The molecular weight excluding hydrogens is 344 g/mol. The van der Waals surface area contributed by atoms with E-state index in [1.54, 1.807) is 0 Å². The summed E-state index contributed by atoms with van der Waals surface area (Å²) < 4.78 is 4.53. The molecule has 0 aliphatic carbocycles. The van der Waals surface area contributed by atoms with Gasteiger partial charge in [-0.3, -0.25) is 8.80 Å². The van der Waals surface area contributed by atoms with E-state index in [1.165, 1.54) is 10.8 Å². The first kappa shape index (κ1) is 14.2. The first-order valence-electron chi connectivity index (χ1n) is 9.37. The van der Waals surface area contributed by atoms with Crippen LogP contribution in [0.4, 0.5) is 0 Å². The molecule has 0 fully saturated rings. The van der Waals surface area contributed by atoms with Crippen LogP contribution in [-0.4, -0.2) is 18.8 Å². The molecule has 4 heteroatoms. The monoisotopic (exact) mass is 358 g/mol. The van der Waals surface area contributed by atoms with Crippen LogP contribution >= 0.6 is 0 Å². The summed E-state index contributed by atoms with van der Waals surface area (Å²) in [5.74, 6) is 0. The third-order valence-corrected chi connectivity index (χ3v) is 5.66. The van der Waals surface area contributed by atoms with Crippen LogP contribution in [0.3, 0.4) is 0 Å². The molecule has 4 nitrogen and oxygen atoms in total. The minimum absolute atomic E-state index is 0.955. The molecule has 0 aliphatic heterocycles. The lowest BCUT2D eigenvalue weighted by Gasteiger charge is -2.06. The van der Waals surface area contributed by atoms with Crippen LogP contribution in [0.5, 0.6) is 0 Å². The topological polar surface area (TPSA) is 34.6 Å². The van der Waals surface area contributed by atoms with E-state index in [9.17, 15) is 0 Å². The molecule has 0 atom stereocenters. The maximum absolute atomic E-state index is 4.90. The van der Waals surface area contributed by atoms with Crippen molar-refractivity contribution in [3.8, 4) is 0 Å². The summed E-state index contributed by atoms with van der Waals surface area (Å²) in [5.41, 5.74) is 8.40. The maximum Gasteiger partial charge on any atom is 0.138 e. The summed E-state index contributed by atoms with van der Waals surface area (Å²) in [7, 11) is 0. The highest BCUT2D eigenvalue weighted by molar-refractivity contribution is 6.07. The van der Waals surface area contributed by atoms with Crippen LogP contribution in [0.25, 0.3) is 55.2 Å². The van der Waals surface area contributed by atoms with Gasteiger partial charge in [-0.05, 0) is 59.3 Å². The average molecular weight is 358 g/mol. The Kier molecular flexibility index (Phi) is 2.46. The van der Waals surface area contributed by atoms with E-state index in [4.69, 9.17) is 9.97 Å². The highest BCUT2D eigenvalue weighted by Crippen LogP contribution is 2.32. The number of imidazole rings is 2. The molecule has 0 radical (unpaired) electrons. The second-order valence-electron chi connectivity index (χ2n) is 7.20. The third-order valence-electron chi connectivity index (χ3n) is 5.66. The number of pyridine rings is 2. The van der Waals surface area contributed by atoms with Crippen molar-refractivity contribution in [2.45, 2.75) is 0 Å². The molecule has 0 spiro atoms. The van der Waals surface area contributed by atoms with Crippen molar-refractivity contribution >= 4 is 55.2 Å². The van der Waals surface area contributed by atoms with Gasteiger partial charge < -0.3 is 0 Å². The van der Waals surface area contributed by atoms with Gasteiger partial charge in [-0.1, -0.05) is 36.4 Å². The van der Waals surface area contributed by atoms with Crippen molar-refractivity contribution in [2.75, 3.05) is 0 Å². The molecule has 4 aromatic heterocycles. The van der Waals surface area contributed by atoms with E-state index < -0.39 is 0 Å². The first-order chi connectivity index (χ1) is 13.9. The van der Waals surface area contributed by atoms with Gasteiger partial charge >= 0.3 is 0 Å². The molecule has 130 valence electrons. The Morgan fingerprint density at radius 2 is 0.929 bits per heavy atom. The molecule has 0 aliphatic rings. The smallest absolute Gasteiger partial charge is 0.138 e. The lowest BCUT2D eigenvalue weighted by molar-refractivity contribution is 1.27. The zero-order valence-corrected chi connectivity index (χ0v) is 14.9. The van der Waals surface area contributed by atoms with Gasteiger partial charge in [0.2, 0.25) is 0 Å². The predicted octanol–water partition coefficient (Wildman–Crippen LogP) is 5.59. The van der Waals surface area contributed by atoms with Gasteiger partial charge in [-0.25, -0.2) is 9.97 Å². The van der Waals surface area contributed by atoms with Gasteiger partial charge in [0.25, 0.3) is 0 Å². The number of hydrogen-bond donors (Lipinski definition) is 0. The highest BCUT2D eigenvalue weighted by Gasteiger charge is 2.16. The Hall–Kier alpha value is -3.92. The standard InChI is InChI=1S/C24H14N4/c1-3-7-19-15(5-1)9-13-21-25-17-11-12-18-24(23(17)27(19)21)28-20-8-4-2-6-16(20)10-14-22(28)26-18/h1-14H. The number of para-hydroxylation sites is 2. The van der Waals surface area contributed by atoms with Crippen LogP contribution < -0.4 is 0 Å². The maximum atomic E-state index is 4.90. The van der Waals surface area contributed by atoms with Crippen LogP contribution in [0.2, 0.25) is 0 Å². The summed E-state index contributed by atoms with van der Waals surface area (Å²) in [6.45, 7) is 0. The molecule has 0 N–H and O–H groups in total. The van der Waals surface area contributed by atoms with Crippen LogP contribution in [0, 0.1) is 0 Å². The Labute approximate surface area is 159 Å². The molecule has 28 heavy (non-hydrogen) atoms. The van der Waals surface area contributed by atoms with E-state index in [0.717, 1.165) is 44.4 Å². The average Bonchev–Trinajstić information content (AvgIpc) is 3.31. The van der Waals surface area contributed by atoms with Crippen LogP contribution in [0.15, 0.2) is 84.9 Å². The minimum Gasteiger partial charge on any atom is -0.290 e. The predicted molar refractivity (Wildman–Crippen MR) is 114 cm³/mol. The summed E-state index contributed by atoms with van der Waals surface area (Å²) >= 11 is 0. The van der Waals surface area contributed by atoms with Crippen molar-refractivity contribution in [1.29, 1.82) is 0 Å². The van der Waals surface area contributed by atoms with Crippen molar-refractivity contribution < 1.29 is 0 Å². The van der Waals surface area contributed by atoms with Crippen LogP contribution in [-0.2, 0) is 0 Å². The molecular formula is C24H14N4. The first-order valence-corrected chi connectivity index (χ1v) is 9.37. The number of hydrogen-bond acceptors (Lipinski definition) is 2. The van der Waals surface area contributed by atoms with Gasteiger partial charge in [0.1, 0.15) is 11.3 Å². The Balaban J connectivity index is 1.87. The molecule has 7 aromatic rings. The SMILES string of the molecule is c1ccc2c(c1)ccc1nc3ccc4nc5ccc6ccccc6n5c4c3n12. The van der Waals surface area contributed by atoms with Crippen molar-refractivity contribution in [1.82, 2.24) is 18.8 Å². The molecule has 7 rings (SSSR count). The molecule has 0 bridgehead atoms. The number of fused-ring (bicyclic) bond motifs is 11. The minimum atomic E-state index is 0.955. The fourth-order valence-corrected chi connectivity index (χ4v) is 4.46. The lowest BCUT2D eigenvalue weighted by Crippen LogP contribution is -1.92. The quantitative estimate of drug-likeness (QED) is 0.354. The van der Waals surface area contributed by atoms with Gasteiger partial charge in [-0.2, -0.15) is 0 Å². The van der Waals surface area contributed by atoms with Gasteiger partial charge in [-0.15, -0.1) is 0 Å². The largest absolute Gasteiger partial charge is 0.290 e. The second-order valence-corrected chi connectivity index (χ2v) is 7.20. The summed E-state index contributed by atoms with van der Waals surface area (Å²) in [6.07, 6.45) is 0. The van der Waals surface area contributed by atoms with E-state index in [1.807, 2.05) is 0 Å². The fraction of sp³-hybridized carbons (Fsp3) is 0. The number of aromatic nitrogens is 4. The molecule has 0 unspecified atom stereocenters. The second kappa shape index (κ2) is 4.87. The number of rotatable bonds is 0. The highest BCUT2D eigenvalue weighted by atomic mass is 15.1.